The molecular weight excluding hydrogens is 466 g/mol. The molecule has 1 aliphatic rings. The first-order valence-electron chi connectivity index (χ1n) is 13.2. The van der Waals surface area contributed by atoms with Crippen LogP contribution in [0.15, 0.2) is 0 Å². The number of esters is 1. The Kier molecular flexibility index (Phi) is 14.6. The molecule has 36 heavy (non-hydrogen) atoms. The van der Waals surface area contributed by atoms with Gasteiger partial charge in [0.1, 0.15) is 6.10 Å². The maximum Gasteiger partial charge on any atom is 0.306 e. The Labute approximate surface area is 216 Å². The lowest BCUT2D eigenvalue weighted by molar-refractivity contribution is -0.154. The number of nitrogens with zero attached hydrogens (tertiary/aromatic N) is 1. The van der Waals surface area contributed by atoms with Gasteiger partial charge in [-0.05, 0) is 26.2 Å². The Balaban J connectivity index is 2.13. The van der Waals surface area contributed by atoms with Gasteiger partial charge in [0, 0.05) is 51.4 Å². The predicted octanol–water partition coefficient (Wildman–Crippen LogP) is 1.90. The SMILES string of the molecule is CCC(CC(C)C(=O)NCCOCCNC(=O)CCC(=O)OC1C(CC)OC(C)C1C)C(=O)N(C)C. The molecule has 1 fully saturated rings. The Morgan fingerprint density at radius 2 is 1.64 bits per heavy atom. The van der Waals surface area contributed by atoms with E-state index in [0.29, 0.717) is 39.1 Å². The van der Waals surface area contributed by atoms with Gasteiger partial charge in [-0.3, -0.25) is 19.2 Å². The molecule has 1 saturated heterocycles. The van der Waals surface area contributed by atoms with Gasteiger partial charge in [0.25, 0.3) is 0 Å². The summed E-state index contributed by atoms with van der Waals surface area (Å²) in [6.45, 7) is 11.0. The van der Waals surface area contributed by atoms with Crippen LogP contribution >= 0.6 is 0 Å². The average Bonchev–Trinajstić information content (AvgIpc) is 3.12. The van der Waals surface area contributed by atoms with Crippen LogP contribution in [0.4, 0.5) is 0 Å². The van der Waals surface area contributed by atoms with Crippen LogP contribution in [0.2, 0.25) is 0 Å². The van der Waals surface area contributed by atoms with Gasteiger partial charge in [0.05, 0.1) is 31.8 Å². The first-order valence-corrected chi connectivity index (χ1v) is 13.2. The van der Waals surface area contributed by atoms with Gasteiger partial charge in [-0.2, -0.15) is 0 Å². The van der Waals surface area contributed by atoms with E-state index in [-0.39, 0.29) is 66.6 Å². The highest BCUT2D eigenvalue weighted by Crippen LogP contribution is 2.31. The molecule has 208 valence electrons. The molecule has 0 spiro atoms. The number of ether oxygens (including phenoxy) is 3. The summed E-state index contributed by atoms with van der Waals surface area (Å²) in [5.74, 6) is -1.02. The molecule has 6 unspecified atom stereocenters. The standard InChI is InChI=1S/C26H47N3O7/c1-8-20(26(33)29(6)7)16-17(3)25(32)28-13-15-34-14-12-27-22(30)10-11-23(31)36-24-18(4)19(5)35-21(24)9-2/h17-21,24H,8-16H2,1-7H3,(H,27,30)(H,28,32). The van der Waals surface area contributed by atoms with Gasteiger partial charge < -0.3 is 29.7 Å². The summed E-state index contributed by atoms with van der Waals surface area (Å²) < 4.78 is 16.8. The fourth-order valence-electron chi connectivity index (χ4n) is 4.24. The molecule has 10 nitrogen and oxygen atoms in total. The van der Waals surface area contributed by atoms with Crippen molar-refractivity contribution in [2.45, 2.75) is 85.0 Å². The smallest absolute Gasteiger partial charge is 0.306 e. The molecule has 0 aromatic carbocycles. The number of carbonyl (C=O) groups is 4. The maximum atomic E-state index is 12.3. The molecular formula is C26H47N3O7. The van der Waals surface area contributed by atoms with Crippen LogP contribution in [-0.4, -0.2) is 87.3 Å². The fourth-order valence-corrected chi connectivity index (χ4v) is 4.24. The summed E-state index contributed by atoms with van der Waals surface area (Å²) in [6, 6.07) is 0. The van der Waals surface area contributed by atoms with Crippen molar-refractivity contribution in [2.24, 2.45) is 17.8 Å². The van der Waals surface area contributed by atoms with Gasteiger partial charge in [-0.15, -0.1) is 0 Å². The van der Waals surface area contributed by atoms with E-state index in [1.54, 1.807) is 19.0 Å². The van der Waals surface area contributed by atoms with Crippen LogP contribution in [0.5, 0.6) is 0 Å². The lowest BCUT2D eigenvalue weighted by Crippen LogP contribution is -2.36. The minimum Gasteiger partial charge on any atom is -0.459 e. The summed E-state index contributed by atoms with van der Waals surface area (Å²) in [7, 11) is 3.44. The molecule has 0 aromatic rings. The summed E-state index contributed by atoms with van der Waals surface area (Å²) in [4.78, 5) is 50.2. The van der Waals surface area contributed by atoms with Gasteiger partial charge in [-0.25, -0.2) is 0 Å². The zero-order valence-electron chi connectivity index (χ0n) is 23.1. The minimum atomic E-state index is -0.393. The third-order valence-electron chi connectivity index (χ3n) is 6.72. The molecule has 1 heterocycles. The molecule has 2 N–H and O–H groups in total. The highest BCUT2D eigenvalue weighted by molar-refractivity contribution is 5.82. The number of rotatable bonds is 16. The van der Waals surface area contributed by atoms with Crippen molar-refractivity contribution in [1.82, 2.24) is 15.5 Å². The van der Waals surface area contributed by atoms with E-state index in [0.717, 1.165) is 6.42 Å². The second kappa shape index (κ2) is 16.5. The van der Waals surface area contributed by atoms with Crippen LogP contribution < -0.4 is 10.6 Å². The van der Waals surface area contributed by atoms with Crippen molar-refractivity contribution in [3.8, 4) is 0 Å². The molecule has 0 bridgehead atoms. The number of amides is 3. The van der Waals surface area contributed by atoms with E-state index in [1.165, 1.54) is 0 Å². The first-order chi connectivity index (χ1) is 17.0. The summed E-state index contributed by atoms with van der Waals surface area (Å²) >= 11 is 0. The van der Waals surface area contributed by atoms with Gasteiger partial charge in [-0.1, -0.05) is 27.7 Å². The molecule has 1 rings (SSSR count). The fraction of sp³-hybridized carbons (Fsp3) is 0.846. The van der Waals surface area contributed by atoms with Gasteiger partial charge in [0.2, 0.25) is 17.7 Å². The van der Waals surface area contributed by atoms with Crippen molar-refractivity contribution in [3.63, 3.8) is 0 Å². The molecule has 0 aromatic heterocycles. The van der Waals surface area contributed by atoms with Crippen LogP contribution in [0.25, 0.3) is 0 Å². The van der Waals surface area contributed by atoms with E-state index in [1.807, 2.05) is 34.6 Å². The van der Waals surface area contributed by atoms with Crippen molar-refractivity contribution in [1.29, 1.82) is 0 Å². The Hall–Kier alpha value is -2.20. The molecule has 6 atom stereocenters. The molecule has 1 aliphatic heterocycles. The molecule has 0 radical (unpaired) electrons. The second-order valence-corrected chi connectivity index (χ2v) is 9.83. The van der Waals surface area contributed by atoms with E-state index in [4.69, 9.17) is 14.2 Å². The molecule has 0 aliphatic carbocycles. The van der Waals surface area contributed by atoms with Gasteiger partial charge >= 0.3 is 5.97 Å². The van der Waals surface area contributed by atoms with Crippen molar-refractivity contribution < 1.29 is 33.4 Å². The van der Waals surface area contributed by atoms with Crippen molar-refractivity contribution >= 4 is 23.7 Å². The third-order valence-corrected chi connectivity index (χ3v) is 6.72. The average molecular weight is 514 g/mol. The number of hydrogen-bond acceptors (Lipinski definition) is 7. The van der Waals surface area contributed by atoms with E-state index >= 15 is 0 Å². The summed E-state index contributed by atoms with van der Waals surface area (Å²) in [5, 5.41) is 5.53. The zero-order valence-corrected chi connectivity index (χ0v) is 23.1. The summed E-state index contributed by atoms with van der Waals surface area (Å²) in [5.41, 5.74) is 0. The number of hydrogen-bond donors (Lipinski definition) is 2. The number of carbonyl (C=O) groups excluding carboxylic acids is 4. The van der Waals surface area contributed by atoms with E-state index in [2.05, 4.69) is 10.6 Å². The molecule has 3 amide bonds. The van der Waals surface area contributed by atoms with Crippen LogP contribution in [-0.2, 0) is 33.4 Å². The highest BCUT2D eigenvalue weighted by atomic mass is 16.6. The lowest BCUT2D eigenvalue weighted by Gasteiger charge is -2.22. The Bertz CT molecular complexity index is 716. The molecule has 10 heteroatoms. The third kappa shape index (κ3) is 10.8. The van der Waals surface area contributed by atoms with Crippen molar-refractivity contribution in [3.05, 3.63) is 0 Å². The van der Waals surface area contributed by atoms with E-state index < -0.39 is 5.97 Å². The Morgan fingerprint density at radius 3 is 2.22 bits per heavy atom. The summed E-state index contributed by atoms with van der Waals surface area (Å²) in [6.07, 6.45) is 1.71. The van der Waals surface area contributed by atoms with Crippen LogP contribution in [0, 0.1) is 17.8 Å². The van der Waals surface area contributed by atoms with Crippen LogP contribution in [0.1, 0.15) is 66.7 Å². The Morgan fingerprint density at radius 1 is 1.00 bits per heavy atom. The van der Waals surface area contributed by atoms with Gasteiger partial charge in [0.15, 0.2) is 0 Å². The normalized spacial score (nSPS) is 23.0. The zero-order chi connectivity index (χ0) is 27.3. The number of nitrogens with one attached hydrogen (secondary N) is 2. The minimum absolute atomic E-state index is 0.0178. The highest BCUT2D eigenvalue weighted by Gasteiger charge is 2.41. The second-order valence-electron chi connectivity index (χ2n) is 9.83. The largest absolute Gasteiger partial charge is 0.459 e. The van der Waals surface area contributed by atoms with E-state index in [9.17, 15) is 19.2 Å². The predicted molar refractivity (Wildman–Crippen MR) is 136 cm³/mol. The molecule has 0 saturated carbocycles. The van der Waals surface area contributed by atoms with Crippen LogP contribution in [0.3, 0.4) is 0 Å². The van der Waals surface area contributed by atoms with Crippen molar-refractivity contribution in [2.75, 3.05) is 40.4 Å². The monoisotopic (exact) mass is 513 g/mol. The quantitative estimate of drug-likeness (QED) is 0.239. The first kappa shape index (κ1) is 31.8. The topological polar surface area (TPSA) is 123 Å². The maximum absolute atomic E-state index is 12.3. The lowest BCUT2D eigenvalue weighted by atomic mass is 9.92.